The van der Waals surface area contributed by atoms with E-state index < -0.39 is 36.7 Å². The van der Waals surface area contributed by atoms with Crippen molar-refractivity contribution in [1.82, 2.24) is 10.6 Å². The molecule has 0 saturated heterocycles. The minimum atomic E-state index is -1.75. The second-order valence-corrected chi connectivity index (χ2v) is 7.91. The summed E-state index contributed by atoms with van der Waals surface area (Å²) in [6.07, 6.45) is -2.54. The number of ether oxygens (including phenoxy) is 1. The number of fused-ring (bicyclic) bond motifs is 3. The molecule has 0 spiro atoms. The van der Waals surface area contributed by atoms with E-state index in [1.807, 2.05) is 48.5 Å². The highest BCUT2D eigenvalue weighted by atomic mass is 16.5. The minimum absolute atomic E-state index is 0.0840. The first-order valence-electron chi connectivity index (χ1n) is 10.8. The number of nitrogens with one attached hydrogen (secondary N) is 2. The number of hydrogen-bond donors (Lipinski definition) is 4. The number of alkyl carbamates (subject to hydrolysis) is 1. The fraction of sp³-hybridized carbons (Fsp3) is 0.192. The van der Waals surface area contributed by atoms with Gasteiger partial charge in [-0.2, -0.15) is 0 Å². The van der Waals surface area contributed by atoms with Crippen molar-refractivity contribution in [2.45, 2.75) is 18.1 Å². The lowest BCUT2D eigenvalue weighted by molar-refractivity contribution is -0.146. The number of aliphatic carboxylic acids is 1. The van der Waals surface area contributed by atoms with Crippen LogP contribution in [0.25, 0.3) is 11.1 Å². The Morgan fingerprint density at radius 2 is 1.41 bits per heavy atom. The predicted octanol–water partition coefficient (Wildman–Crippen LogP) is 2.83. The van der Waals surface area contributed by atoms with Crippen molar-refractivity contribution in [2.24, 2.45) is 0 Å². The highest BCUT2D eigenvalue weighted by molar-refractivity contribution is 5.87. The normalized spacial score (nSPS) is 13.8. The van der Waals surface area contributed by atoms with E-state index in [4.69, 9.17) is 9.84 Å². The van der Waals surface area contributed by atoms with Gasteiger partial charge in [0.2, 0.25) is 5.91 Å². The molecule has 0 aromatic heterocycles. The van der Waals surface area contributed by atoms with Crippen LogP contribution >= 0.6 is 0 Å². The van der Waals surface area contributed by atoms with Gasteiger partial charge in [-0.1, -0.05) is 78.9 Å². The fourth-order valence-corrected chi connectivity index (χ4v) is 4.09. The number of benzene rings is 3. The zero-order chi connectivity index (χ0) is 24.1. The first-order valence-corrected chi connectivity index (χ1v) is 10.8. The summed E-state index contributed by atoms with van der Waals surface area (Å²) in [7, 11) is 0. The van der Waals surface area contributed by atoms with Gasteiger partial charge in [0.05, 0.1) is 6.54 Å². The van der Waals surface area contributed by atoms with Gasteiger partial charge < -0.3 is 25.6 Å². The van der Waals surface area contributed by atoms with Crippen LogP contribution in [-0.2, 0) is 14.3 Å². The summed E-state index contributed by atoms with van der Waals surface area (Å²) >= 11 is 0. The van der Waals surface area contributed by atoms with E-state index in [0.717, 1.165) is 22.3 Å². The van der Waals surface area contributed by atoms with Gasteiger partial charge in [-0.3, -0.25) is 4.79 Å². The molecular weight excluding hydrogens is 436 g/mol. The number of hydrogen-bond acceptors (Lipinski definition) is 5. The Hall–Kier alpha value is -4.17. The number of carboxylic acid groups (broad SMARTS) is 1. The molecule has 3 aromatic rings. The predicted molar refractivity (Wildman–Crippen MR) is 124 cm³/mol. The average molecular weight is 460 g/mol. The molecular formula is C26H24N2O6. The number of aliphatic hydroxyl groups is 1. The molecule has 4 rings (SSSR count). The van der Waals surface area contributed by atoms with E-state index in [2.05, 4.69) is 10.6 Å². The SMILES string of the molecule is O=C(NC(C(=O)NC[C@H](O)C(=O)O)c1ccccc1)OCC1c2ccccc2-c2ccccc21. The van der Waals surface area contributed by atoms with Gasteiger partial charge in [0.25, 0.3) is 0 Å². The summed E-state index contributed by atoms with van der Waals surface area (Å²) in [6, 6.07) is 23.3. The second-order valence-electron chi connectivity index (χ2n) is 7.91. The lowest BCUT2D eigenvalue weighted by Crippen LogP contribution is -2.44. The molecule has 0 radical (unpaired) electrons. The van der Waals surface area contributed by atoms with Crippen molar-refractivity contribution in [3.05, 3.63) is 95.6 Å². The maximum Gasteiger partial charge on any atom is 0.408 e. The van der Waals surface area contributed by atoms with E-state index in [0.29, 0.717) is 5.56 Å². The van der Waals surface area contributed by atoms with Crippen LogP contribution in [0.1, 0.15) is 28.7 Å². The summed E-state index contributed by atoms with van der Waals surface area (Å²) in [5.74, 6) is -2.26. The quantitative estimate of drug-likeness (QED) is 0.410. The molecule has 0 heterocycles. The Bertz CT molecular complexity index is 1150. The Morgan fingerprint density at radius 1 is 0.853 bits per heavy atom. The van der Waals surface area contributed by atoms with Crippen LogP contribution in [0.15, 0.2) is 78.9 Å². The van der Waals surface area contributed by atoms with Crippen molar-refractivity contribution >= 4 is 18.0 Å². The molecule has 4 N–H and O–H groups in total. The number of carboxylic acids is 1. The van der Waals surface area contributed by atoms with Crippen molar-refractivity contribution in [1.29, 1.82) is 0 Å². The van der Waals surface area contributed by atoms with Crippen molar-refractivity contribution in [3.8, 4) is 11.1 Å². The molecule has 1 aliphatic carbocycles. The lowest BCUT2D eigenvalue weighted by atomic mass is 9.98. The summed E-state index contributed by atoms with van der Waals surface area (Å²) in [5.41, 5.74) is 4.82. The molecule has 2 atom stereocenters. The van der Waals surface area contributed by atoms with Gasteiger partial charge >= 0.3 is 12.1 Å². The molecule has 34 heavy (non-hydrogen) atoms. The minimum Gasteiger partial charge on any atom is -0.479 e. The van der Waals surface area contributed by atoms with E-state index in [-0.39, 0.29) is 12.5 Å². The van der Waals surface area contributed by atoms with Crippen LogP contribution in [-0.4, -0.2) is 47.4 Å². The summed E-state index contributed by atoms with van der Waals surface area (Å²) < 4.78 is 5.53. The van der Waals surface area contributed by atoms with Gasteiger partial charge in [0.15, 0.2) is 6.10 Å². The number of amides is 2. The molecule has 2 amide bonds. The lowest BCUT2D eigenvalue weighted by Gasteiger charge is -2.20. The van der Waals surface area contributed by atoms with Gasteiger partial charge in [-0.25, -0.2) is 9.59 Å². The van der Waals surface area contributed by atoms with E-state index >= 15 is 0 Å². The van der Waals surface area contributed by atoms with E-state index in [1.54, 1.807) is 30.3 Å². The molecule has 8 heteroatoms. The van der Waals surface area contributed by atoms with E-state index in [1.165, 1.54) is 0 Å². The molecule has 0 bridgehead atoms. The van der Waals surface area contributed by atoms with Gasteiger partial charge in [-0.05, 0) is 27.8 Å². The van der Waals surface area contributed by atoms with Gasteiger partial charge in [0, 0.05) is 5.92 Å². The maximum atomic E-state index is 12.7. The molecule has 0 aliphatic heterocycles. The van der Waals surface area contributed by atoms with Crippen molar-refractivity contribution in [2.75, 3.05) is 13.2 Å². The smallest absolute Gasteiger partial charge is 0.408 e. The monoisotopic (exact) mass is 460 g/mol. The largest absolute Gasteiger partial charge is 0.479 e. The second kappa shape index (κ2) is 10.2. The summed E-state index contributed by atoms with van der Waals surface area (Å²) in [4.78, 5) is 36.2. The molecule has 3 aromatic carbocycles. The van der Waals surface area contributed by atoms with Gasteiger partial charge in [0.1, 0.15) is 12.6 Å². The zero-order valence-corrected chi connectivity index (χ0v) is 18.2. The van der Waals surface area contributed by atoms with Gasteiger partial charge in [-0.15, -0.1) is 0 Å². The summed E-state index contributed by atoms with van der Waals surface area (Å²) in [6.45, 7) is -0.412. The first kappa shape index (κ1) is 23.0. The van der Waals surface area contributed by atoms with Crippen LogP contribution in [0.4, 0.5) is 4.79 Å². The molecule has 1 aliphatic rings. The third-order valence-electron chi connectivity index (χ3n) is 5.76. The number of aliphatic hydroxyl groups excluding tert-OH is 1. The third kappa shape index (κ3) is 4.92. The summed E-state index contributed by atoms with van der Waals surface area (Å²) in [5, 5.41) is 23.2. The highest BCUT2D eigenvalue weighted by Crippen LogP contribution is 2.44. The molecule has 174 valence electrons. The zero-order valence-electron chi connectivity index (χ0n) is 18.2. The molecule has 0 fully saturated rings. The van der Waals surface area contributed by atoms with Crippen LogP contribution in [0.3, 0.4) is 0 Å². The third-order valence-corrected chi connectivity index (χ3v) is 5.76. The topological polar surface area (TPSA) is 125 Å². The molecule has 8 nitrogen and oxygen atoms in total. The number of carbonyl (C=O) groups excluding carboxylic acids is 2. The fourth-order valence-electron chi connectivity index (χ4n) is 4.09. The van der Waals surface area contributed by atoms with Crippen LogP contribution in [0, 0.1) is 0 Å². The number of carbonyl (C=O) groups is 3. The Morgan fingerprint density at radius 3 is 2.00 bits per heavy atom. The van der Waals surface area contributed by atoms with Crippen molar-refractivity contribution in [3.63, 3.8) is 0 Å². The van der Waals surface area contributed by atoms with Crippen molar-refractivity contribution < 1.29 is 29.3 Å². The first-order chi connectivity index (χ1) is 16.5. The van der Waals surface area contributed by atoms with Crippen LogP contribution in [0.5, 0.6) is 0 Å². The number of rotatable bonds is 8. The molecule has 0 saturated carbocycles. The highest BCUT2D eigenvalue weighted by Gasteiger charge is 2.30. The Labute approximate surface area is 196 Å². The standard InChI is InChI=1S/C26H24N2O6/c29-22(25(31)32)14-27-24(30)23(16-8-2-1-3-9-16)28-26(33)34-15-21-19-12-6-4-10-17(19)18-11-5-7-13-20(18)21/h1-13,21-23,29H,14-15H2,(H,27,30)(H,28,33)(H,31,32)/t22-,23?/m0/s1. The maximum absolute atomic E-state index is 12.7. The van der Waals surface area contributed by atoms with Crippen LogP contribution < -0.4 is 10.6 Å². The molecule has 1 unspecified atom stereocenters. The average Bonchev–Trinajstić information content (AvgIpc) is 3.18. The van der Waals surface area contributed by atoms with E-state index in [9.17, 15) is 19.5 Å². The Kier molecular flexibility index (Phi) is 6.89. The van der Waals surface area contributed by atoms with Crippen LogP contribution in [0.2, 0.25) is 0 Å². The Balaban J connectivity index is 1.45.